The highest BCUT2D eigenvalue weighted by Crippen LogP contribution is 2.40. The Kier molecular flexibility index (Phi) is 6.39. The normalized spacial score (nSPS) is 20.9. The molecule has 0 radical (unpaired) electrons. The fourth-order valence-corrected chi connectivity index (χ4v) is 4.15. The zero-order valence-electron chi connectivity index (χ0n) is 16.8. The number of aliphatic carboxylic acids is 1. The van der Waals surface area contributed by atoms with Crippen LogP contribution in [0.4, 0.5) is 6.01 Å². The number of thioether (sulfide) groups is 1. The van der Waals surface area contributed by atoms with E-state index in [1.165, 1.54) is 31.3 Å². The van der Waals surface area contributed by atoms with E-state index in [1.807, 2.05) is 0 Å². The van der Waals surface area contributed by atoms with E-state index in [0.29, 0.717) is 11.3 Å². The van der Waals surface area contributed by atoms with E-state index in [2.05, 4.69) is 32.2 Å². The lowest BCUT2D eigenvalue weighted by Crippen LogP contribution is -2.71. The van der Waals surface area contributed by atoms with Crippen molar-refractivity contribution in [2.24, 2.45) is 10.1 Å². The maximum Gasteiger partial charge on any atom is 0.352 e. The summed E-state index contributed by atoms with van der Waals surface area (Å²) in [5.41, 5.74) is -0.0295. The maximum atomic E-state index is 12.8. The van der Waals surface area contributed by atoms with E-state index in [9.17, 15) is 19.5 Å². The number of fused-ring (bicyclic) bond motifs is 1. The molecule has 1 aromatic heterocycles. The summed E-state index contributed by atoms with van der Waals surface area (Å²) in [7, 11) is 4.72. The average Bonchev–Trinajstić information content (AvgIpc) is 3.21. The second-order valence-corrected chi connectivity index (χ2v) is 7.58. The van der Waals surface area contributed by atoms with Crippen LogP contribution in [0.15, 0.2) is 38.6 Å². The van der Waals surface area contributed by atoms with E-state index in [-0.39, 0.29) is 23.2 Å². The first-order valence-electron chi connectivity index (χ1n) is 8.78. The second-order valence-electron chi connectivity index (χ2n) is 6.48. The van der Waals surface area contributed by atoms with Gasteiger partial charge in [0.25, 0.3) is 11.8 Å². The summed E-state index contributed by atoms with van der Waals surface area (Å²) in [5.74, 6) is -2.45. The smallest absolute Gasteiger partial charge is 0.352 e. The van der Waals surface area contributed by atoms with Gasteiger partial charge in [-0.1, -0.05) is 23.0 Å². The van der Waals surface area contributed by atoms with Gasteiger partial charge < -0.3 is 24.7 Å². The molecule has 2 amide bonds. The molecule has 0 saturated carbocycles. The molecule has 2 aliphatic heterocycles. The number of carbonyl (C=O) groups excluding carboxylic acids is 2. The predicted octanol–water partition coefficient (Wildman–Crippen LogP) is -0.434. The average molecular weight is 449 g/mol. The molecule has 1 fully saturated rings. The fraction of sp³-hybridized carbons (Fsp3) is 0.353. The standard InChI is InChI=1S/C17H19N7O6S/c1-5-8-6-31-15-10(14(26)24(15)11(8)16(27)28)19-13(25)9(21-29-4)12-20-17(30-22-12)18-7-23(2)3/h5,7,10,15H,1,6H2,2-4H3,(H,19,25)(H,27,28)/b18-7?,21-9-/t10?,15-/m1/s1. The van der Waals surface area contributed by atoms with Gasteiger partial charge in [-0.2, -0.15) is 9.98 Å². The van der Waals surface area contributed by atoms with E-state index in [4.69, 9.17) is 9.36 Å². The summed E-state index contributed by atoms with van der Waals surface area (Å²) in [6.07, 6.45) is 2.83. The molecule has 1 aromatic rings. The molecule has 14 heteroatoms. The third-order valence-electron chi connectivity index (χ3n) is 4.16. The molecule has 31 heavy (non-hydrogen) atoms. The molecule has 1 unspecified atom stereocenters. The van der Waals surface area contributed by atoms with Gasteiger partial charge in [0.1, 0.15) is 24.2 Å². The third kappa shape index (κ3) is 4.28. The quantitative estimate of drug-likeness (QED) is 0.230. The number of carbonyl (C=O) groups is 3. The minimum atomic E-state index is -1.24. The first-order valence-corrected chi connectivity index (χ1v) is 9.83. The Morgan fingerprint density at radius 1 is 1.48 bits per heavy atom. The third-order valence-corrected chi connectivity index (χ3v) is 5.46. The number of carboxylic acids is 1. The van der Waals surface area contributed by atoms with Gasteiger partial charge in [-0.3, -0.25) is 14.5 Å². The number of aliphatic imine (C=N–C) groups is 1. The molecule has 3 rings (SSSR count). The number of nitrogens with one attached hydrogen (secondary N) is 1. The fourth-order valence-electron chi connectivity index (χ4n) is 2.81. The van der Waals surface area contributed by atoms with Crippen molar-refractivity contribution >= 4 is 47.6 Å². The Bertz CT molecular complexity index is 1010. The Morgan fingerprint density at radius 2 is 2.23 bits per heavy atom. The highest BCUT2D eigenvalue weighted by atomic mass is 32.2. The van der Waals surface area contributed by atoms with Crippen LogP contribution in [0.3, 0.4) is 0 Å². The lowest BCUT2D eigenvalue weighted by Gasteiger charge is -2.49. The first kappa shape index (κ1) is 22.0. The molecule has 2 aliphatic rings. The Balaban J connectivity index is 1.77. The first-order chi connectivity index (χ1) is 14.8. The summed E-state index contributed by atoms with van der Waals surface area (Å²) in [4.78, 5) is 52.3. The van der Waals surface area contributed by atoms with E-state index in [1.54, 1.807) is 19.0 Å². The Morgan fingerprint density at radius 3 is 2.84 bits per heavy atom. The van der Waals surface area contributed by atoms with Crippen LogP contribution in [0.5, 0.6) is 0 Å². The number of aromatic nitrogens is 2. The van der Waals surface area contributed by atoms with Crippen LogP contribution >= 0.6 is 11.8 Å². The van der Waals surface area contributed by atoms with Crippen LogP contribution < -0.4 is 5.32 Å². The molecule has 2 N–H and O–H groups in total. The molecular weight excluding hydrogens is 430 g/mol. The van der Waals surface area contributed by atoms with Crippen LogP contribution in [-0.4, -0.2) is 93.3 Å². The van der Waals surface area contributed by atoms with Gasteiger partial charge in [0.2, 0.25) is 11.5 Å². The molecule has 2 atom stereocenters. The Hall–Kier alpha value is -3.68. The van der Waals surface area contributed by atoms with Crippen LogP contribution in [0, 0.1) is 0 Å². The lowest BCUT2D eigenvalue weighted by molar-refractivity contribution is -0.150. The number of hydrogen-bond donors (Lipinski definition) is 2. The summed E-state index contributed by atoms with van der Waals surface area (Å²) >= 11 is 1.31. The van der Waals surface area contributed by atoms with Crippen LogP contribution in [0.2, 0.25) is 0 Å². The molecule has 1 saturated heterocycles. The second kappa shape index (κ2) is 8.99. The number of oxime groups is 1. The SMILES string of the molecule is C=CC1=C(C(=O)O)N2C(=O)C(NC(=O)/C(=N\OC)c3noc(N=CN(C)C)n3)[C@H]2SC1. The highest BCUT2D eigenvalue weighted by molar-refractivity contribution is 8.00. The highest BCUT2D eigenvalue weighted by Gasteiger charge is 2.54. The molecule has 164 valence electrons. The van der Waals surface area contributed by atoms with Crippen molar-refractivity contribution < 1.29 is 28.9 Å². The zero-order valence-corrected chi connectivity index (χ0v) is 17.6. The monoisotopic (exact) mass is 449 g/mol. The largest absolute Gasteiger partial charge is 0.477 e. The van der Waals surface area contributed by atoms with Crippen molar-refractivity contribution in [2.75, 3.05) is 27.0 Å². The summed E-state index contributed by atoms with van der Waals surface area (Å²) in [5, 5.41) is 18.7. The summed E-state index contributed by atoms with van der Waals surface area (Å²) in [6, 6.07) is -1.07. The molecule has 3 heterocycles. The van der Waals surface area contributed by atoms with Gasteiger partial charge in [-0.15, -0.1) is 11.8 Å². The van der Waals surface area contributed by atoms with Gasteiger partial charge in [0.05, 0.1) is 6.34 Å². The van der Waals surface area contributed by atoms with Gasteiger partial charge >= 0.3 is 12.0 Å². The number of rotatable bonds is 8. The van der Waals surface area contributed by atoms with Crippen LogP contribution in [0.25, 0.3) is 0 Å². The lowest BCUT2D eigenvalue weighted by atomic mass is 10.0. The minimum Gasteiger partial charge on any atom is -0.477 e. The number of nitrogens with zero attached hydrogens (tertiary/aromatic N) is 6. The summed E-state index contributed by atoms with van der Waals surface area (Å²) in [6.45, 7) is 3.59. The van der Waals surface area contributed by atoms with Gasteiger partial charge in [-0.25, -0.2) is 4.79 Å². The van der Waals surface area contributed by atoms with Gasteiger partial charge in [0, 0.05) is 19.8 Å². The van der Waals surface area contributed by atoms with Crippen LogP contribution in [-0.2, 0) is 19.2 Å². The predicted molar refractivity (Wildman–Crippen MR) is 110 cm³/mol. The van der Waals surface area contributed by atoms with Gasteiger partial charge in [-0.05, 0) is 5.57 Å². The zero-order chi connectivity index (χ0) is 22.7. The molecule has 0 spiro atoms. The Labute approximate surface area is 180 Å². The number of carboxylic acid groups (broad SMARTS) is 1. The number of amides is 2. The summed E-state index contributed by atoms with van der Waals surface area (Å²) < 4.78 is 4.95. The van der Waals surface area contributed by atoms with Crippen molar-refractivity contribution in [1.29, 1.82) is 0 Å². The number of β-lactam (4-membered cyclic amide) rings is 1. The minimum absolute atomic E-state index is 0.109. The van der Waals surface area contributed by atoms with E-state index in [0.717, 1.165) is 4.90 Å². The van der Waals surface area contributed by atoms with E-state index >= 15 is 0 Å². The molecule has 13 nitrogen and oxygen atoms in total. The van der Waals surface area contributed by atoms with E-state index < -0.39 is 29.2 Å². The van der Waals surface area contributed by atoms with Crippen molar-refractivity contribution in [3.8, 4) is 0 Å². The number of allylic oxidation sites excluding steroid dienone is 1. The molecule has 0 aromatic carbocycles. The van der Waals surface area contributed by atoms with Crippen LogP contribution in [0.1, 0.15) is 5.82 Å². The molecular formula is C17H19N7O6S. The van der Waals surface area contributed by atoms with Crippen molar-refractivity contribution in [1.82, 2.24) is 25.3 Å². The topological polar surface area (TPSA) is 163 Å². The van der Waals surface area contributed by atoms with Gasteiger partial charge in [0.15, 0.2) is 0 Å². The van der Waals surface area contributed by atoms with Crippen molar-refractivity contribution in [2.45, 2.75) is 11.4 Å². The maximum absolute atomic E-state index is 12.8. The number of hydrogen-bond acceptors (Lipinski definition) is 10. The van der Waals surface area contributed by atoms with Crippen molar-refractivity contribution in [3.63, 3.8) is 0 Å². The van der Waals surface area contributed by atoms with Crippen molar-refractivity contribution in [3.05, 3.63) is 29.7 Å². The molecule has 0 bridgehead atoms. The molecule has 0 aliphatic carbocycles.